The summed E-state index contributed by atoms with van der Waals surface area (Å²) < 4.78 is 5.45. The first-order valence-corrected chi connectivity index (χ1v) is 7.18. The highest BCUT2D eigenvalue weighted by Gasteiger charge is 2.21. The predicted octanol–water partition coefficient (Wildman–Crippen LogP) is 2.31. The summed E-state index contributed by atoms with van der Waals surface area (Å²) in [5.41, 5.74) is 6.92. The third kappa shape index (κ3) is 2.37. The van der Waals surface area contributed by atoms with Crippen LogP contribution in [0.25, 0.3) is 10.8 Å². The van der Waals surface area contributed by atoms with Crippen LogP contribution in [0.1, 0.15) is 18.4 Å². The summed E-state index contributed by atoms with van der Waals surface area (Å²) >= 11 is 0. The molecule has 1 aliphatic rings. The first kappa shape index (κ1) is 13.3. The largest absolute Gasteiger partial charge is 0.381 e. The van der Waals surface area contributed by atoms with Crippen molar-refractivity contribution in [3.05, 3.63) is 36.0 Å². The number of nitrogens with zero attached hydrogens (tertiary/aromatic N) is 2. The van der Waals surface area contributed by atoms with Gasteiger partial charge in [-0.25, -0.2) is 4.98 Å². The number of nitrogens with two attached hydrogens (primary N) is 1. The van der Waals surface area contributed by atoms with E-state index in [2.05, 4.69) is 41.2 Å². The zero-order valence-electron chi connectivity index (χ0n) is 11.9. The molecule has 0 atom stereocenters. The zero-order valence-corrected chi connectivity index (χ0v) is 11.9. The molecular formula is C16H21N3O. The Morgan fingerprint density at radius 3 is 2.65 bits per heavy atom. The van der Waals surface area contributed by atoms with Crippen LogP contribution in [0.15, 0.2) is 30.5 Å². The van der Waals surface area contributed by atoms with Gasteiger partial charge in [0.1, 0.15) is 5.82 Å². The minimum absolute atomic E-state index is 0.503. The average Bonchev–Trinajstić information content (AvgIpc) is 2.54. The minimum atomic E-state index is 0.503. The van der Waals surface area contributed by atoms with E-state index in [0.29, 0.717) is 12.6 Å². The molecule has 1 aliphatic heterocycles. The van der Waals surface area contributed by atoms with Crippen molar-refractivity contribution in [2.24, 2.45) is 5.73 Å². The van der Waals surface area contributed by atoms with Crippen molar-refractivity contribution in [2.45, 2.75) is 25.4 Å². The van der Waals surface area contributed by atoms with Crippen LogP contribution in [-0.4, -0.2) is 31.3 Å². The predicted molar refractivity (Wildman–Crippen MR) is 81.9 cm³/mol. The lowest BCUT2D eigenvalue weighted by Gasteiger charge is -2.32. The summed E-state index contributed by atoms with van der Waals surface area (Å²) in [7, 11) is 2.13. The average molecular weight is 271 g/mol. The van der Waals surface area contributed by atoms with Crippen molar-refractivity contribution >= 4 is 16.6 Å². The third-order valence-electron chi connectivity index (χ3n) is 4.15. The lowest BCUT2D eigenvalue weighted by atomic mass is 10.0. The number of fused-ring (bicyclic) bond motifs is 1. The highest BCUT2D eigenvalue weighted by molar-refractivity contribution is 5.94. The van der Waals surface area contributed by atoms with Crippen molar-refractivity contribution in [3.8, 4) is 0 Å². The van der Waals surface area contributed by atoms with Gasteiger partial charge in [-0.1, -0.05) is 24.3 Å². The fourth-order valence-electron chi connectivity index (χ4n) is 2.93. The molecular weight excluding hydrogens is 250 g/mol. The summed E-state index contributed by atoms with van der Waals surface area (Å²) in [5, 5.41) is 2.39. The number of hydrogen-bond acceptors (Lipinski definition) is 4. The van der Waals surface area contributed by atoms with E-state index in [4.69, 9.17) is 10.5 Å². The van der Waals surface area contributed by atoms with Gasteiger partial charge in [0.2, 0.25) is 0 Å². The molecule has 1 saturated heterocycles. The molecule has 0 spiro atoms. The summed E-state index contributed by atoms with van der Waals surface area (Å²) in [6.45, 7) is 2.20. The van der Waals surface area contributed by atoms with Gasteiger partial charge in [-0.15, -0.1) is 0 Å². The van der Waals surface area contributed by atoms with E-state index in [-0.39, 0.29) is 0 Å². The highest BCUT2D eigenvalue weighted by atomic mass is 16.5. The van der Waals surface area contributed by atoms with Crippen molar-refractivity contribution in [1.82, 2.24) is 4.98 Å². The molecule has 4 nitrogen and oxygen atoms in total. The van der Waals surface area contributed by atoms with E-state index in [9.17, 15) is 0 Å². The molecule has 4 heteroatoms. The van der Waals surface area contributed by atoms with Crippen LogP contribution in [0.5, 0.6) is 0 Å². The molecule has 1 fully saturated rings. The topological polar surface area (TPSA) is 51.4 Å². The molecule has 0 aliphatic carbocycles. The molecule has 2 heterocycles. The van der Waals surface area contributed by atoms with Gasteiger partial charge in [0, 0.05) is 44.4 Å². The first-order chi connectivity index (χ1) is 9.81. The standard InChI is InChI=1S/C16H21N3O/c1-19(13-6-8-20-9-7-13)16-15-5-3-2-4-14(15)12(10-17)11-18-16/h2-5,11,13H,6-10,17H2,1H3. The highest BCUT2D eigenvalue weighted by Crippen LogP contribution is 2.29. The monoisotopic (exact) mass is 271 g/mol. The molecule has 2 aromatic rings. The van der Waals surface area contributed by atoms with E-state index in [1.165, 1.54) is 10.8 Å². The second-order valence-electron chi connectivity index (χ2n) is 5.31. The Bertz CT molecular complexity index is 593. The van der Waals surface area contributed by atoms with E-state index < -0.39 is 0 Å². The third-order valence-corrected chi connectivity index (χ3v) is 4.15. The molecule has 2 N–H and O–H groups in total. The first-order valence-electron chi connectivity index (χ1n) is 7.18. The van der Waals surface area contributed by atoms with Gasteiger partial charge >= 0.3 is 0 Å². The molecule has 3 rings (SSSR count). The molecule has 0 bridgehead atoms. The fourth-order valence-corrected chi connectivity index (χ4v) is 2.93. The molecule has 1 aromatic carbocycles. The maximum Gasteiger partial charge on any atom is 0.136 e. The van der Waals surface area contributed by atoms with Gasteiger partial charge in [0.15, 0.2) is 0 Å². The molecule has 1 aromatic heterocycles. The number of rotatable bonds is 3. The summed E-state index contributed by atoms with van der Waals surface area (Å²) in [5.74, 6) is 1.05. The molecule has 0 radical (unpaired) electrons. The Labute approximate surface area is 119 Å². The van der Waals surface area contributed by atoms with Crippen molar-refractivity contribution in [2.75, 3.05) is 25.2 Å². The maximum atomic E-state index is 5.81. The number of hydrogen-bond donors (Lipinski definition) is 1. The van der Waals surface area contributed by atoms with Crippen LogP contribution in [0, 0.1) is 0 Å². The quantitative estimate of drug-likeness (QED) is 0.930. The van der Waals surface area contributed by atoms with Gasteiger partial charge in [-0.05, 0) is 23.8 Å². The van der Waals surface area contributed by atoms with E-state index in [1.54, 1.807) is 0 Å². The molecule has 106 valence electrons. The minimum Gasteiger partial charge on any atom is -0.381 e. The SMILES string of the molecule is CN(c1ncc(CN)c2ccccc12)C1CCOCC1. The lowest BCUT2D eigenvalue weighted by Crippen LogP contribution is -2.37. The van der Waals surface area contributed by atoms with E-state index in [1.807, 2.05) is 6.20 Å². The Balaban J connectivity index is 2.02. The van der Waals surface area contributed by atoms with Crippen molar-refractivity contribution in [3.63, 3.8) is 0 Å². The van der Waals surface area contributed by atoms with Crippen LogP contribution in [-0.2, 0) is 11.3 Å². The molecule has 20 heavy (non-hydrogen) atoms. The maximum absolute atomic E-state index is 5.81. The fraction of sp³-hybridized carbons (Fsp3) is 0.438. The Hall–Kier alpha value is -1.65. The van der Waals surface area contributed by atoms with Gasteiger partial charge in [0.25, 0.3) is 0 Å². The number of ether oxygens (including phenoxy) is 1. The molecule has 0 amide bonds. The Morgan fingerprint density at radius 2 is 1.95 bits per heavy atom. The van der Waals surface area contributed by atoms with Crippen LogP contribution < -0.4 is 10.6 Å². The van der Waals surface area contributed by atoms with Crippen LogP contribution in [0.2, 0.25) is 0 Å². The van der Waals surface area contributed by atoms with E-state index >= 15 is 0 Å². The van der Waals surface area contributed by atoms with E-state index in [0.717, 1.165) is 37.4 Å². The Kier molecular flexibility index (Phi) is 3.85. The van der Waals surface area contributed by atoms with Gasteiger partial charge in [0.05, 0.1) is 0 Å². The normalized spacial score (nSPS) is 16.5. The number of benzene rings is 1. The van der Waals surface area contributed by atoms with Crippen molar-refractivity contribution in [1.29, 1.82) is 0 Å². The number of anilines is 1. The van der Waals surface area contributed by atoms with Gasteiger partial charge < -0.3 is 15.4 Å². The lowest BCUT2D eigenvalue weighted by molar-refractivity contribution is 0.0854. The Morgan fingerprint density at radius 1 is 1.25 bits per heavy atom. The van der Waals surface area contributed by atoms with Gasteiger partial charge in [-0.2, -0.15) is 0 Å². The number of pyridine rings is 1. The smallest absolute Gasteiger partial charge is 0.136 e. The van der Waals surface area contributed by atoms with Crippen LogP contribution >= 0.6 is 0 Å². The zero-order chi connectivity index (χ0) is 13.9. The second kappa shape index (κ2) is 5.77. The number of aromatic nitrogens is 1. The summed E-state index contributed by atoms with van der Waals surface area (Å²) in [4.78, 5) is 6.95. The summed E-state index contributed by atoms with van der Waals surface area (Å²) in [6.07, 6.45) is 4.03. The van der Waals surface area contributed by atoms with Gasteiger partial charge in [-0.3, -0.25) is 0 Å². The molecule has 0 saturated carbocycles. The van der Waals surface area contributed by atoms with Crippen molar-refractivity contribution < 1.29 is 4.74 Å². The van der Waals surface area contributed by atoms with Crippen LogP contribution in [0.3, 0.4) is 0 Å². The molecule has 0 unspecified atom stereocenters. The second-order valence-corrected chi connectivity index (χ2v) is 5.31. The van der Waals surface area contributed by atoms with Crippen LogP contribution in [0.4, 0.5) is 5.82 Å². The summed E-state index contributed by atoms with van der Waals surface area (Å²) in [6, 6.07) is 8.88.